The van der Waals surface area contributed by atoms with Crippen LogP contribution in [0, 0.1) is 5.82 Å². The first-order chi connectivity index (χ1) is 15.1. The lowest BCUT2D eigenvalue weighted by Gasteiger charge is -2.28. The van der Waals surface area contributed by atoms with Gasteiger partial charge in [0.1, 0.15) is 5.82 Å². The number of nitrogens with one attached hydrogen (secondary N) is 1. The van der Waals surface area contributed by atoms with Gasteiger partial charge in [0.05, 0.1) is 6.04 Å². The standard InChI is InChI=1S/C21H21FN2O.C2HF3O2/c1-14(21(25)19-12-23-20-5-3-2-4-18(19)20)24(17-10-11-17)13-15-6-8-16(22)9-7-15;3-2(4,5)1(6)7/h2-9,12,14,17,23H,10-11,13H2,1H3;(H,6,7). The molecule has 1 atom stereocenters. The van der Waals surface area contributed by atoms with E-state index < -0.39 is 12.1 Å². The Labute approximate surface area is 181 Å². The molecule has 0 saturated heterocycles. The van der Waals surface area contributed by atoms with E-state index in [1.165, 1.54) is 12.1 Å². The first-order valence-corrected chi connectivity index (χ1v) is 9.98. The van der Waals surface area contributed by atoms with Gasteiger partial charge in [-0.3, -0.25) is 9.69 Å². The van der Waals surface area contributed by atoms with E-state index in [-0.39, 0.29) is 17.6 Å². The number of carbonyl (C=O) groups is 2. The van der Waals surface area contributed by atoms with Crippen LogP contribution in [-0.4, -0.2) is 45.0 Å². The van der Waals surface area contributed by atoms with Crippen molar-refractivity contribution >= 4 is 22.7 Å². The number of alkyl halides is 3. The first-order valence-electron chi connectivity index (χ1n) is 9.98. The summed E-state index contributed by atoms with van der Waals surface area (Å²) in [5.74, 6) is -2.86. The zero-order chi connectivity index (χ0) is 23.5. The number of benzene rings is 2. The molecule has 1 saturated carbocycles. The Balaban J connectivity index is 0.000000360. The lowest BCUT2D eigenvalue weighted by Crippen LogP contribution is -2.40. The highest BCUT2D eigenvalue weighted by molar-refractivity contribution is 6.10. The molecule has 2 N–H and O–H groups in total. The SMILES string of the molecule is CC(C(=O)c1c[nH]c2ccccc12)N(Cc1ccc(F)cc1)C1CC1.O=C(O)C(F)(F)F. The molecule has 0 radical (unpaired) electrons. The highest BCUT2D eigenvalue weighted by Gasteiger charge is 2.38. The summed E-state index contributed by atoms with van der Waals surface area (Å²) in [6, 6.07) is 14.7. The van der Waals surface area contributed by atoms with Gasteiger partial charge in [0.15, 0.2) is 5.78 Å². The third kappa shape index (κ3) is 5.73. The van der Waals surface area contributed by atoms with E-state index in [4.69, 9.17) is 9.90 Å². The van der Waals surface area contributed by atoms with Gasteiger partial charge in [-0.05, 0) is 43.5 Å². The maximum atomic E-state index is 13.1. The summed E-state index contributed by atoms with van der Waals surface area (Å²) < 4.78 is 44.9. The molecule has 1 fully saturated rings. The van der Waals surface area contributed by atoms with Gasteiger partial charge in [-0.1, -0.05) is 30.3 Å². The molecule has 4 rings (SSSR count). The van der Waals surface area contributed by atoms with Crippen LogP contribution in [0.4, 0.5) is 17.6 Å². The van der Waals surface area contributed by atoms with Gasteiger partial charge in [0.25, 0.3) is 0 Å². The number of para-hydroxylation sites is 1. The number of aromatic nitrogens is 1. The van der Waals surface area contributed by atoms with Crippen molar-refractivity contribution in [3.05, 3.63) is 71.7 Å². The quantitative estimate of drug-likeness (QED) is 0.401. The van der Waals surface area contributed by atoms with Crippen molar-refractivity contribution in [2.24, 2.45) is 0 Å². The molecule has 1 unspecified atom stereocenters. The fraction of sp³-hybridized carbons (Fsp3) is 0.304. The lowest BCUT2D eigenvalue weighted by atomic mass is 10.0. The number of nitrogens with zero attached hydrogens (tertiary/aromatic N) is 1. The Bertz CT molecular complexity index is 1090. The van der Waals surface area contributed by atoms with Gasteiger partial charge in [-0.25, -0.2) is 9.18 Å². The number of aliphatic carboxylic acids is 1. The van der Waals surface area contributed by atoms with Crippen LogP contribution < -0.4 is 0 Å². The molecule has 1 aliphatic carbocycles. The second-order valence-electron chi connectivity index (χ2n) is 7.62. The molecule has 32 heavy (non-hydrogen) atoms. The van der Waals surface area contributed by atoms with Gasteiger partial charge in [0, 0.05) is 35.2 Å². The average Bonchev–Trinajstić information content (AvgIpc) is 3.50. The van der Waals surface area contributed by atoms with E-state index in [0.717, 1.165) is 34.9 Å². The minimum Gasteiger partial charge on any atom is -0.475 e. The summed E-state index contributed by atoms with van der Waals surface area (Å²) in [6.07, 6.45) is -1.04. The summed E-state index contributed by atoms with van der Waals surface area (Å²) in [5, 5.41) is 8.09. The third-order valence-corrected chi connectivity index (χ3v) is 5.27. The maximum absolute atomic E-state index is 13.1. The number of carboxylic acid groups (broad SMARTS) is 1. The minimum absolute atomic E-state index is 0.131. The number of hydrogen-bond donors (Lipinski definition) is 2. The molecule has 170 valence electrons. The van der Waals surface area contributed by atoms with E-state index in [2.05, 4.69) is 9.88 Å². The molecule has 5 nitrogen and oxygen atoms in total. The minimum atomic E-state index is -5.08. The molecule has 1 aromatic heterocycles. The third-order valence-electron chi connectivity index (χ3n) is 5.27. The van der Waals surface area contributed by atoms with Crippen LogP contribution in [0.15, 0.2) is 54.7 Å². The molecule has 1 aliphatic rings. The zero-order valence-electron chi connectivity index (χ0n) is 17.2. The Morgan fingerprint density at radius 2 is 1.72 bits per heavy atom. The molecule has 1 heterocycles. The lowest BCUT2D eigenvalue weighted by molar-refractivity contribution is -0.192. The number of carbonyl (C=O) groups excluding carboxylic acids is 1. The van der Waals surface area contributed by atoms with Crippen LogP contribution >= 0.6 is 0 Å². The fourth-order valence-electron chi connectivity index (χ4n) is 3.44. The van der Waals surface area contributed by atoms with E-state index >= 15 is 0 Å². The Morgan fingerprint density at radius 3 is 2.28 bits per heavy atom. The van der Waals surface area contributed by atoms with Crippen LogP contribution in [0.5, 0.6) is 0 Å². The van der Waals surface area contributed by atoms with Crippen molar-refractivity contribution in [3.63, 3.8) is 0 Å². The van der Waals surface area contributed by atoms with Crippen molar-refractivity contribution in [3.8, 4) is 0 Å². The largest absolute Gasteiger partial charge is 0.490 e. The number of rotatable bonds is 6. The number of Topliss-reactive ketones (excluding diaryl/α,β-unsaturated/α-hetero) is 1. The van der Waals surface area contributed by atoms with Crippen molar-refractivity contribution < 1.29 is 32.3 Å². The second kappa shape index (κ2) is 9.52. The van der Waals surface area contributed by atoms with E-state index in [1.807, 2.05) is 37.4 Å². The summed E-state index contributed by atoms with van der Waals surface area (Å²) in [4.78, 5) is 27.4. The van der Waals surface area contributed by atoms with Crippen LogP contribution in [0.1, 0.15) is 35.7 Å². The highest BCUT2D eigenvalue weighted by atomic mass is 19.4. The number of fused-ring (bicyclic) bond motifs is 1. The van der Waals surface area contributed by atoms with Crippen LogP contribution in [0.25, 0.3) is 10.9 Å². The van der Waals surface area contributed by atoms with Crippen molar-refractivity contribution in [2.75, 3.05) is 0 Å². The van der Waals surface area contributed by atoms with Gasteiger partial charge in [-0.2, -0.15) is 13.2 Å². The summed E-state index contributed by atoms with van der Waals surface area (Å²) in [7, 11) is 0. The molecule has 0 bridgehead atoms. The molecule has 2 aromatic carbocycles. The maximum Gasteiger partial charge on any atom is 0.490 e. The Morgan fingerprint density at radius 1 is 1.12 bits per heavy atom. The summed E-state index contributed by atoms with van der Waals surface area (Å²) in [6.45, 7) is 2.64. The van der Waals surface area contributed by atoms with Crippen molar-refractivity contribution in [2.45, 2.75) is 44.6 Å². The predicted molar refractivity (Wildman–Crippen MR) is 111 cm³/mol. The van der Waals surface area contributed by atoms with E-state index in [9.17, 15) is 22.4 Å². The number of hydrogen-bond acceptors (Lipinski definition) is 3. The Hall–Kier alpha value is -3.20. The monoisotopic (exact) mass is 450 g/mol. The Kier molecular flexibility index (Phi) is 6.98. The fourth-order valence-corrected chi connectivity index (χ4v) is 3.44. The van der Waals surface area contributed by atoms with Crippen LogP contribution in [0.2, 0.25) is 0 Å². The first kappa shape index (κ1) is 23.5. The van der Waals surface area contributed by atoms with Gasteiger partial charge < -0.3 is 10.1 Å². The van der Waals surface area contributed by atoms with Gasteiger partial charge in [-0.15, -0.1) is 0 Å². The molecular formula is C23H22F4N2O3. The summed E-state index contributed by atoms with van der Waals surface area (Å²) in [5.41, 5.74) is 2.76. The van der Waals surface area contributed by atoms with Gasteiger partial charge >= 0.3 is 12.1 Å². The normalized spacial score (nSPS) is 14.7. The molecular weight excluding hydrogens is 428 g/mol. The molecule has 9 heteroatoms. The zero-order valence-corrected chi connectivity index (χ0v) is 17.2. The molecule has 0 amide bonds. The van der Waals surface area contributed by atoms with Crippen LogP contribution in [-0.2, 0) is 11.3 Å². The molecule has 0 aliphatic heterocycles. The number of halogens is 4. The predicted octanol–water partition coefficient (Wildman–Crippen LogP) is 5.18. The smallest absolute Gasteiger partial charge is 0.475 e. The average molecular weight is 450 g/mol. The van der Waals surface area contributed by atoms with Gasteiger partial charge in [0.2, 0.25) is 0 Å². The molecule has 0 spiro atoms. The van der Waals surface area contributed by atoms with Crippen LogP contribution in [0.3, 0.4) is 0 Å². The topological polar surface area (TPSA) is 73.4 Å². The number of aromatic amines is 1. The summed E-state index contributed by atoms with van der Waals surface area (Å²) >= 11 is 0. The number of carboxylic acids is 1. The second-order valence-corrected chi connectivity index (χ2v) is 7.62. The number of H-pyrrole nitrogens is 1. The van der Waals surface area contributed by atoms with Crippen molar-refractivity contribution in [1.29, 1.82) is 0 Å². The molecule has 3 aromatic rings. The van der Waals surface area contributed by atoms with Crippen molar-refractivity contribution in [1.82, 2.24) is 9.88 Å². The highest BCUT2D eigenvalue weighted by Crippen LogP contribution is 2.32. The van der Waals surface area contributed by atoms with E-state index in [1.54, 1.807) is 12.1 Å². The number of ketones is 1. The van der Waals surface area contributed by atoms with E-state index in [0.29, 0.717) is 12.6 Å².